The maximum absolute atomic E-state index is 6.09. The lowest BCUT2D eigenvalue weighted by Crippen LogP contribution is -2.44. The van der Waals surface area contributed by atoms with Gasteiger partial charge in [0, 0.05) is 20.2 Å². The van der Waals surface area contributed by atoms with Crippen LogP contribution >= 0.6 is 0 Å². The van der Waals surface area contributed by atoms with E-state index in [1.165, 1.54) is 6.33 Å². The average molecular weight is 266 g/mol. The fourth-order valence-electron chi connectivity index (χ4n) is 2.41. The van der Waals surface area contributed by atoms with Gasteiger partial charge in [-0.3, -0.25) is 0 Å². The summed E-state index contributed by atoms with van der Waals surface area (Å²) in [5.41, 5.74) is 6.60. The minimum atomic E-state index is 0.207. The second-order valence-electron chi connectivity index (χ2n) is 4.84. The molecule has 2 unspecified atom stereocenters. The average Bonchev–Trinajstić information content (AvgIpc) is 2.42. The van der Waals surface area contributed by atoms with Crippen molar-refractivity contribution in [3.8, 4) is 5.88 Å². The van der Waals surface area contributed by atoms with Crippen LogP contribution in [0.4, 0.5) is 11.5 Å². The minimum Gasteiger partial charge on any atom is -0.476 e. The molecule has 1 aliphatic heterocycles. The van der Waals surface area contributed by atoms with E-state index in [1.807, 2.05) is 6.92 Å². The van der Waals surface area contributed by atoms with Crippen molar-refractivity contribution in [2.45, 2.75) is 26.4 Å². The number of anilines is 2. The van der Waals surface area contributed by atoms with E-state index in [0.717, 1.165) is 25.3 Å². The molecule has 0 bridgehead atoms. The molecule has 1 aliphatic rings. The highest BCUT2D eigenvalue weighted by atomic mass is 16.5. The third kappa shape index (κ3) is 2.89. The Kier molecular flexibility index (Phi) is 4.42. The topological polar surface area (TPSA) is 73.5 Å². The highest BCUT2D eigenvalue weighted by Crippen LogP contribution is 2.31. The van der Waals surface area contributed by atoms with E-state index in [-0.39, 0.29) is 6.10 Å². The van der Waals surface area contributed by atoms with E-state index in [9.17, 15) is 0 Å². The first-order valence-corrected chi connectivity index (χ1v) is 6.68. The normalized spacial score (nSPS) is 23.4. The molecule has 2 heterocycles. The Morgan fingerprint density at radius 3 is 2.95 bits per heavy atom. The maximum Gasteiger partial charge on any atom is 0.242 e. The van der Waals surface area contributed by atoms with Crippen LogP contribution < -0.4 is 15.4 Å². The van der Waals surface area contributed by atoms with E-state index in [1.54, 1.807) is 7.11 Å². The molecule has 1 aromatic heterocycles. The standard InChI is InChI=1S/C13H22N4O2/c1-4-19-13-11(14)12(15-8-16-13)17-6-5-9(2)10(7-17)18-3/h8-10H,4-7,14H2,1-3H3. The monoisotopic (exact) mass is 266 g/mol. The van der Waals surface area contributed by atoms with Crippen molar-refractivity contribution in [1.82, 2.24) is 9.97 Å². The molecule has 0 aromatic carbocycles. The van der Waals surface area contributed by atoms with E-state index in [2.05, 4.69) is 21.8 Å². The van der Waals surface area contributed by atoms with Crippen molar-refractivity contribution < 1.29 is 9.47 Å². The number of hydrogen-bond donors (Lipinski definition) is 1. The number of nitrogens with zero attached hydrogens (tertiary/aromatic N) is 3. The van der Waals surface area contributed by atoms with Crippen molar-refractivity contribution in [2.24, 2.45) is 5.92 Å². The van der Waals surface area contributed by atoms with Gasteiger partial charge < -0.3 is 20.1 Å². The fourth-order valence-corrected chi connectivity index (χ4v) is 2.41. The van der Waals surface area contributed by atoms with Gasteiger partial charge in [-0.25, -0.2) is 4.98 Å². The van der Waals surface area contributed by atoms with Gasteiger partial charge in [0.05, 0.1) is 12.7 Å². The Bertz CT molecular complexity index is 427. The van der Waals surface area contributed by atoms with Crippen LogP contribution in [0.25, 0.3) is 0 Å². The van der Waals surface area contributed by atoms with Gasteiger partial charge in [0.2, 0.25) is 5.88 Å². The number of nitrogen functional groups attached to an aromatic ring is 1. The number of nitrogens with two attached hydrogens (primary N) is 1. The molecule has 0 radical (unpaired) electrons. The van der Waals surface area contributed by atoms with Gasteiger partial charge in [-0.15, -0.1) is 0 Å². The highest BCUT2D eigenvalue weighted by Gasteiger charge is 2.28. The predicted molar refractivity (Wildman–Crippen MR) is 74.4 cm³/mol. The van der Waals surface area contributed by atoms with Crippen LogP contribution in [0.1, 0.15) is 20.3 Å². The van der Waals surface area contributed by atoms with Gasteiger partial charge in [-0.05, 0) is 19.3 Å². The molecule has 2 atom stereocenters. The minimum absolute atomic E-state index is 0.207. The van der Waals surface area contributed by atoms with Crippen LogP contribution in [0, 0.1) is 5.92 Å². The molecule has 6 nitrogen and oxygen atoms in total. The van der Waals surface area contributed by atoms with Gasteiger partial charge in [0.15, 0.2) is 5.82 Å². The summed E-state index contributed by atoms with van der Waals surface area (Å²) < 4.78 is 10.9. The van der Waals surface area contributed by atoms with Gasteiger partial charge in [0.25, 0.3) is 0 Å². The van der Waals surface area contributed by atoms with Gasteiger partial charge in [-0.2, -0.15) is 4.98 Å². The second-order valence-corrected chi connectivity index (χ2v) is 4.84. The quantitative estimate of drug-likeness (QED) is 0.886. The van der Waals surface area contributed by atoms with Crippen molar-refractivity contribution in [3.05, 3.63) is 6.33 Å². The lowest BCUT2D eigenvalue weighted by atomic mass is 9.96. The van der Waals surface area contributed by atoms with Gasteiger partial charge >= 0.3 is 0 Å². The Balaban J connectivity index is 2.20. The van der Waals surface area contributed by atoms with E-state index in [0.29, 0.717) is 24.1 Å². The fraction of sp³-hybridized carbons (Fsp3) is 0.692. The summed E-state index contributed by atoms with van der Waals surface area (Å²) in [7, 11) is 1.75. The van der Waals surface area contributed by atoms with Crippen LogP contribution in [-0.2, 0) is 4.74 Å². The Morgan fingerprint density at radius 1 is 1.47 bits per heavy atom. The lowest BCUT2D eigenvalue weighted by molar-refractivity contribution is 0.0496. The van der Waals surface area contributed by atoms with Crippen molar-refractivity contribution in [3.63, 3.8) is 0 Å². The summed E-state index contributed by atoms with van der Waals surface area (Å²) in [4.78, 5) is 10.5. The highest BCUT2D eigenvalue weighted by molar-refractivity contribution is 5.67. The first-order valence-electron chi connectivity index (χ1n) is 6.68. The number of hydrogen-bond acceptors (Lipinski definition) is 6. The molecule has 1 aromatic rings. The van der Waals surface area contributed by atoms with Gasteiger partial charge in [0.1, 0.15) is 12.0 Å². The van der Waals surface area contributed by atoms with Crippen LogP contribution in [0.5, 0.6) is 5.88 Å². The number of piperidine rings is 1. The van der Waals surface area contributed by atoms with E-state index in [4.69, 9.17) is 15.2 Å². The predicted octanol–water partition coefficient (Wildman–Crippen LogP) is 1.32. The van der Waals surface area contributed by atoms with Crippen LogP contribution in [0.3, 0.4) is 0 Å². The zero-order chi connectivity index (χ0) is 13.8. The zero-order valence-electron chi connectivity index (χ0n) is 11.8. The number of ether oxygens (including phenoxy) is 2. The van der Waals surface area contributed by atoms with Gasteiger partial charge in [-0.1, -0.05) is 6.92 Å². The summed E-state index contributed by atoms with van der Waals surface area (Å²) in [6.07, 6.45) is 2.77. The third-order valence-corrected chi connectivity index (χ3v) is 3.60. The summed E-state index contributed by atoms with van der Waals surface area (Å²) in [6, 6.07) is 0. The Labute approximate surface area is 113 Å². The molecule has 1 fully saturated rings. The molecule has 2 rings (SSSR count). The molecule has 1 saturated heterocycles. The molecule has 0 amide bonds. The van der Waals surface area contributed by atoms with Crippen molar-refractivity contribution in [2.75, 3.05) is 37.4 Å². The first-order chi connectivity index (χ1) is 9.17. The third-order valence-electron chi connectivity index (χ3n) is 3.60. The molecule has 19 heavy (non-hydrogen) atoms. The smallest absolute Gasteiger partial charge is 0.242 e. The number of methoxy groups -OCH3 is 1. The maximum atomic E-state index is 6.09. The lowest BCUT2D eigenvalue weighted by Gasteiger charge is -2.37. The molecule has 2 N–H and O–H groups in total. The van der Waals surface area contributed by atoms with E-state index < -0.39 is 0 Å². The van der Waals surface area contributed by atoms with Crippen molar-refractivity contribution in [1.29, 1.82) is 0 Å². The van der Waals surface area contributed by atoms with E-state index >= 15 is 0 Å². The molecule has 0 spiro atoms. The first kappa shape index (κ1) is 13.9. The van der Waals surface area contributed by atoms with Crippen LogP contribution in [0.15, 0.2) is 6.33 Å². The Morgan fingerprint density at radius 2 is 2.26 bits per heavy atom. The molecular weight excluding hydrogens is 244 g/mol. The Hall–Kier alpha value is -1.56. The van der Waals surface area contributed by atoms with Crippen LogP contribution in [-0.4, -0.2) is 42.9 Å². The SMILES string of the molecule is CCOc1ncnc(N2CCC(C)C(OC)C2)c1N. The molecule has 6 heteroatoms. The summed E-state index contributed by atoms with van der Waals surface area (Å²) in [6.45, 7) is 6.38. The molecule has 0 aliphatic carbocycles. The van der Waals surface area contributed by atoms with Crippen LogP contribution in [0.2, 0.25) is 0 Å². The summed E-state index contributed by atoms with van der Waals surface area (Å²) >= 11 is 0. The molecule has 106 valence electrons. The summed E-state index contributed by atoms with van der Waals surface area (Å²) in [5, 5.41) is 0. The largest absolute Gasteiger partial charge is 0.476 e. The molecular formula is C13H22N4O2. The number of aromatic nitrogens is 2. The summed E-state index contributed by atoms with van der Waals surface area (Å²) in [5.74, 6) is 1.75. The number of rotatable bonds is 4. The second kappa shape index (κ2) is 6.06. The molecule has 0 saturated carbocycles. The van der Waals surface area contributed by atoms with Crippen molar-refractivity contribution >= 4 is 11.5 Å². The zero-order valence-corrected chi connectivity index (χ0v) is 11.8.